The number of urea groups is 1. The number of amides is 2. The minimum absolute atomic E-state index is 0.178. The summed E-state index contributed by atoms with van der Waals surface area (Å²) in [6.07, 6.45) is 0. The maximum Gasteiger partial charge on any atom is 0.323 e. The number of aromatic nitrogens is 1. The molecule has 0 aromatic carbocycles. The summed E-state index contributed by atoms with van der Waals surface area (Å²) >= 11 is 0. The second-order valence-corrected chi connectivity index (χ2v) is 7.18. The second kappa shape index (κ2) is 5.33. The van der Waals surface area contributed by atoms with Gasteiger partial charge in [-0.3, -0.25) is 5.32 Å². The number of ether oxygens (including phenoxy) is 1. The third-order valence-electron chi connectivity index (χ3n) is 3.32. The van der Waals surface area contributed by atoms with Gasteiger partial charge in [-0.1, -0.05) is 19.0 Å². The molecule has 0 unspecified atom stereocenters. The highest BCUT2D eigenvalue weighted by molar-refractivity contribution is 5.88. The SMILES string of the molecule is CC(C)c1cc(NC(=O)N2CC(C)(C)OC(C)(C)C2)no1. The molecule has 2 rings (SSSR count). The first-order chi connectivity index (χ1) is 9.58. The van der Waals surface area contributed by atoms with E-state index in [9.17, 15) is 4.79 Å². The van der Waals surface area contributed by atoms with Crippen LogP contribution < -0.4 is 5.32 Å². The van der Waals surface area contributed by atoms with Crippen LogP contribution in [0.25, 0.3) is 0 Å². The number of hydrogen-bond donors (Lipinski definition) is 1. The lowest BCUT2D eigenvalue weighted by Gasteiger charge is -2.46. The maximum absolute atomic E-state index is 12.4. The van der Waals surface area contributed by atoms with Crippen LogP contribution in [0.2, 0.25) is 0 Å². The second-order valence-electron chi connectivity index (χ2n) is 7.18. The van der Waals surface area contributed by atoms with E-state index in [2.05, 4.69) is 10.5 Å². The van der Waals surface area contributed by atoms with Crippen molar-refractivity contribution in [3.63, 3.8) is 0 Å². The molecule has 1 fully saturated rings. The smallest absolute Gasteiger partial charge is 0.323 e. The first-order valence-electron chi connectivity index (χ1n) is 7.31. The molecule has 0 spiro atoms. The van der Waals surface area contributed by atoms with Crippen LogP contribution in [0.4, 0.5) is 10.6 Å². The quantitative estimate of drug-likeness (QED) is 0.909. The van der Waals surface area contributed by atoms with E-state index in [-0.39, 0.29) is 23.2 Å². The lowest BCUT2D eigenvalue weighted by Crippen LogP contribution is -2.59. The first kappa shape index (κ1) is 15.8. The fraction of sp³-hybridized carbons (Fsp3) is 0.733. The topological polar surface area (TPSA) is 67.6 Å². The van der Waals surface area contributed by atoms with Crippen molar-refractivity contribution >= 4 is 11.8 Å². The lowest BCUT2D eigenvalue weighted by atomic mass is 9.99. The Kier molecular flexibility index (Phi) is 4.02. The molecule has 0 radical (unpaired) electrons. The molecule has 21 heavy (non-hydrogen) atoms. The van der Waals surface area contributed by atoms with Crippen LogP contribution in [0.1, 0.15) is 53.2 Å². The molecule has 1 aliphatic rings. The lowest BCUT2D eigenvalue weighted by molar-refractivity contribution is -0.169. The van der Waals surface area contributed by atoms with Crippen molar-refractivity contribution in [2.75, 3.05) is 18.4 Å². The summed E-state index contributed by atoms with van der Waals surface area (Å²) in [6, 6.07) is 1.59. The zero-order chi connectivity index (χ0) is 15.8. The van der Waals surface area contributed by atoms with Gasteiger partial charge in [-0.05, 0) is 27.7 Å². The van der Waals surface area contributed by atoms with E-state index in [1.165, 1.54) is 0 Å². The Morgan fingerprint density at radius 2 is 1.86 bits per heavy atom. The summed E-state index contributed by atoms with van der Waals surface area (Å²) in [5, 5.41) is 6.67. The van der Waals surface area contributed by atoms with Gasteiger partial charge in [-0.2, -0.15) is 0 Å². The van der Waals surface area contributed by atoms with E-state index >= 15 is 0 Å². The molecule has 0 aliphatic carbocycles. The Morgan fingerprint density at radius 3 is 2.33 bits per heavy atom. The number of anilines is 1. The van der Waals surface area contributed by atoms with Crippen molar-refractivity contribution in [1.29, 1.82) is 0 Å². The molecule has 0 bridgehead atoms. The Balaban J connectivity index is 2.05. The summed E-state index contributed by atoms with van der Waals surface area (Å²) in [4.78, 5) is 14.2. The van der Waals surface area contributed by atoms with E-state index in [4.69, 9.17) is 9.26 Å². The van der Waals surface area contributed by atoms with Crippen LogP contribution in [-0.4, -0.2) is 40.4 Å². The van der Waals surface area contributed by atoms with Crippen LogP contribution in [-0.2, 0) is 4.74 Å². The van der Waals surface area contributed by atoms with Crippen LogP contribution >= 0.6 is 0 Å². The van der Waals surface area contributed by atoms with E-state index in [1.807, 2.05) is 41.5 Å². The Bertz CT molecular complexity index is 504. The van der Waals surface area contributed by atoms with Gasteiger partial charge < -0.3 is 14.2 Å². The molecule has 1 aromatic heterocycles. The van der Waals surface area contributed by atoms with Gasteiger partial charge in [0.25, 0.3) is 0 Å². The minimum atomic E-state index is -0.369. The molecule has 118 valence electrons. The van der Waals surface area contributed by atoms with Gasteiger partial charge in [-0.15, -0.1) is 0 Å². The summed E-state index contributed by atoms with van der Waals surface area (Å²) in [7, 11) is 0. The van der Waals surface area contributed by atoms with Gasteiger partial charge in [0, 0.05) is 12.0 Å². The van der Waals surface area contributed by atoms with E-state index in [0.717, 1.165) is 5.76 Å². The first-order valence-corrected chi connectivity index (χ1v) is 7.31. The predicted molar refractivity (Wildman–Crippen MR) is 80.4 cm³/mol. The Morgan fingerprint density at radius 1 is 1.29 bits per heavy atom. The van der Waals surface area contributed by atoms with E-state index in [1.54, 1.807) is 11.0 Å². The third kappa shape index (κ3) is 3.97. The molecule has 1 aliphatic heterocycles. The molecule has 2 amide bonds. The normalized spacial score (nSPS) is 20.6. The summed E-state index contributed by atoms with van der Waals surface area (Å²) in [5.74, 6) is 1.45. The summed E-state index contributed by atoms with van der Waals surface area (Å²) in [6.45, 7) is 13.1. The largest absolute Gasteiger partial charge is 0.366 e. The summed E-state index contributed by atoms with van der Waals surface area (Å²) in [5.41, 5.74) is -0.738. The van der Waals surface area contributed by atoms with Crippen molar-refractivity contribution in [2.45, 2.75) is 58.7 Å². The number of morpholine rings is 1. The average molecular weight is 295 g/mol. The number of hydrogen-bond acceptors (Lipinski definition) is 4. The van der Waals surface area contributed by atoms with Crippen molar-refractivity contribution < 1.29 is 14.1 Å². The van der Waals surface area contributed by atoms with Gasteiger partial charge in [0.2, 0.25) is 0 Å². The van der Waals surface area contributed by atoms with Crippen LogP contribution in [0, 0.1) is 0 Å². The zero-order valence-electron chi connectivity index (χ0n) is 13.7. The molecule has 0 saturated carbocycles. The predicted octanol–water partition coefficient (Wildman–Crippen LogP) is 3.22. The van der Waals surface area contributed by atoms with Gasteiger partial charge in [-0.25, -0.2) is 4.79 Å². The average Bonchev–Trinajstić information content (AvgIpc) is 2.73. The number of nitrogens with zero attached hydrogens (tertiary/aromatic N) is 2. The number of rotatable bonds is 2. The highest BCUT2D eigenvalue weighted by Crippen LogP contribution is 2.28. The highest BCUT2D eigenvalue weighted by Gasteiger charge is 2.40. The van der Waals surface area contributed by atoms with Crippen molar-refractivity contribution in [2.24, 2.45) is 0 Å². The van der Waals surface area contributed by atoms with Crippen LogP contribution in [0.3, 0.4) is 0 Å². The fourth-order valence-corrected chi connectivity index (χ4v) is 2.74. The van der Waals surface area contributed by atoms with Gasteiger partial charge >= 0.3 is 6.03 Å². The van der Waals surface area contributed by atoms with E-state index in [0.29, 0.717) is 18.9 Å². The molecule has 6 heteroatoms. The molecule has 1 saturated heterocycles. The van der Waals surface area contributed by atoms with Gasteiger partial charge in [0.1, 0.15) is 5.76 Å². The van der Waals surface area contributed by atoms with Crippen molar-refractivity contribution in [3.05, 3.63) is 11.8 Å². The Hall–Kier alpha value is -1.56. The molecule has 2 heterocycles. The van der Waals surface area contributed by atoms with Crippen LogP contribution in [0.5, 0.6) is 0 Å². The number of nitrogens with one attached hydrogen (secondary N) is 1. The zero-order valence-corrected chi connectivity index (χ0v) is 13.7. The molecular weight excluding hydrogens is 270 g/mol. The van der Waals surface area contributed by atoms with Crippen molar-refractivity contribution in [1.82, 2.24) is 10.1 Å². The standard InChI is InChI=1S/C15H25N3O3/c1-10(2)11-7-12(17-20-11)16-13(19)18-8-14(3,4)21-15(5,6)9-18/h7,10H,8-9H2,1-6H3,(H,16,17,19). The number of carbonyl (C=O) groups excluding carboxylic acids is 1. The number of carbonyl (C=O) groups is 1. The van der Waals surface area contributed by atoms with Gasteiger partial charge in [0.05, 0.1) is 24.3 Å². The fourth-order valence-electron chi connectivity index (χ4n) is 2.74. The monoisotopic (exact) mass is 295 g/mol. The van der Waals surface area contributed by atoms with Gasteiger partial charge in [0.15, 0.2) is 5.82 Å². The maximum atomic E-state index is 12.4. The molecule has 1 aromatic rings. The van der Waals surface area contributed by atoms with Crippen LogP contribution in [0.15, 0.2) is 10.6 Å². The molecular formula is C15H25N3O3. The summed E-state index contributed by atoms with van der Waals surface area (Å²) < 4.78 is 11.2. The highest BCUT2D eigenvalue weighted by atomic mass is 16.5. The third-order valence-corrected chi connectivity index (χ3v) is 3.32. The van der Waals surface area contributed by atoms with E-state index < -0.39 is 0 Å². The molecule has 6 nitrogen and oxygen atoms in total. The Labute approximate surface area is 125 Å². The minimum Gasteiger partial charge on any atom is -0.366 e. The molecule has 1 N–H and O–H groups in total. The van der Waals surface area contributed by atoms with Crippen molar-refractivity contribution in [3.8, 4) is 0 Å². The molecule has 0 atom stereocenters.